The number of nitrogens with one attached hydrogen (secondary N) is 1. The molecule has 1 saturated carbocycles. The molecule has 0 spiro atoms. The maximum atomic E-state index is 11.9. The molecule has 6 heteroatoms. The lowest BCUT2D eigenvalue weighted by molar-refractivity contribution is -0.148. The van der Waals surface area contributed by atoms with E-state index < -0.39 is 5.54 Å². The second-order valence-electron chi connectivity index (χ2n) is 4.94. The van der Waals surface area contributed by atoms with Crippen LogP contribution in [-0.2, 0) is 23.7 Å². The van der Waals surface area contributed by atoms with Crippen molar-refractivity contribution in [1.29, 1.82) is 0 Å². The number of carbonyl (C=O) groups excluding carboxylic acids is 1. The second kappa shape index (κ2) is 9.28. The maximum Gasteiger partial charge on any atom is 0.326 e. The number of carbonyl (C=O) groups is 1. The highest BCUT2D eigenvalue weighted by Gasteiger charge is 2.46. The third-order valence-corrected chi connectivity index (χ3v) is 3.57. The van der Waals surface area contributed by atoms with Crippen molar-refractivity contribution in [3.05, 3.63) is 0 Å². The molecule has 1 rings (SSSR count). The van der Waals surface area contributed by atoms with E-state index in [0.29, 0.717) is 32.8 Å². The summed E-state index contributed by atoms with van der Waals surface area (Å²) in [5.74, 6) is -0.193. The highest BCUT2D eigenvalue weighted by atomic mass is 16.5. The quantitative estimate of drug-likeness (QED) is 0.473. The summed E-state index contributed by atoms with van der Waals surface area (Å²) in [5.41, 5.74) is -0.578. The molecule has 0 bridgehead atoms. The summed E-state index contributed by atoms with van der Waals surface area (Å²) >= 11 is 0. The van der Waals surface area contributed by atoms with Crippen LogP contribution in [0.1, 0.15) is 26.2 Å². The van der Waals surface area contributed by atoms with E-state index in [0.717, 1.165) is 19.4 Å². The Bertz CT molecular complexity index is 287. The van der Waals surface area contributed by atoms with E-state index >= 15 is 0 Å². The van der Waals surface area contributed by atoms with Gasteiger partial charge in [-0.2, -0.15) is 0 Å². The van der Waals surface area contributed by atoms with Crippen molar-refractivity contribution in [3.8, 4) is 0 Å². The Hall–Kier alpha value is -0.690. The molecule has 118 valence electrons. The van der Waals surface area contributed by atoms with Crippen LogP contribution >= 0.6 is 0 Å². The van der Waals surface area contributed by atoms with E-state index in [1.807, 2.05) is 6.92 Å². The Morgan fingerprint density at radius 1 is 1.25 bits per heavy atom. The number of hydrogen-bond acceptors (Lipinski definition) is 6. The van der Waals surface area contributed by atoms with Crippen LogP contribution in [0.15, 0.2) is 0 Å². The average Bonchev–Trinajstić information content (AvgIpc) is 2.87. The molecule has 0 radical (unpaired) electrons. The molecule has 1 N–H and O–H groups in total. The van der Waals surface area contributed by atoms with Crippen LogP contribution in [-0.4, -0.2) is 64.8 Å². The van der Waals surface area contributed by atoms with Gasteiger partial charge in [0.05, 0.1) is 39.6 Å². The van der Waals surface area contributed by atoms with Crippen molar-refractivity contribution < 1.29 is 23.7 Å². The fraction of sp³-hybridized carbons (Fsp3) is 0.929. The Kier molecular flexibility index (Phi) is 8.06. The summed E-state index contributed by atoms with van der Waals surface area (Å²) < 4.78 is 20.9. The summed E-state index contributed by atoms with van der Waals surface area (Å²) in [6.45, 7) is 4.98. The molecule has 20 heavy (non-hydrogen) atoms. The molecule has 2 atom stereocenters. The first-order chi connectivity index (χ1) is 9.68. The smallest absolute Gasteiger partial charge is 0.326 e. The van der Waals surface area contributed by atoms with Crippen molar-refractivity contribution in [2.45, 2.75) is 37.8 Å². The zero-order valence-electron chi connectivity index (χ0n) is 12.8. The Labute approximate surface area is 121 Å². The molecule has 0 aromatic rings. The van der Waals surface area contributed by atoms with E-state index in [2.05, 4.69) is 5.32 Å². The predicted molar refractivity (Wildman–Crippen MR) is 74.7 cm³/mol. The lowest BCUT2D eigenvalue weighted by Crippen LogP contribution is -2.51. The Balaban J connectivity index is 2.28. The number of hydrogen-bond donors (Lipinski definition) is 1. The van der Waals surface area contributed by atoms with Gasteiger partial charge in [0.1, 0.15) is 5.54 Å². The molecule has 0 saturated heterocycles. The molecule has 0 aromatic carbocycles. The lowest BCUT2D eigenvalue weighted by atomic mass is 9.97. The van der Waals surface area contributed by atoms with Gasteiger partial charge in [-0.25, -0.2) is 0 Å². The first kappa shape index (κ1) is 17.4. The standard InChI is InChI=1S/C14H27NO5/c1-4-15-14(13(16)18-3)6-5-12(11-14)20-10-9-19-8-7-17-2/h12,15H,4-11H2,1-3H3. The van der Waals surface area contributed by atoms with Gasteiger partial charge in [-0.15, -0.1) is 0 Å². The van der Waals surface area contributed by atoms with Crippen molar-refractivity contribution in [2.24, 2.45) is 0 Å². The van der Waals surface area contributed by atoms with Gasteiger partial charge in [0.25, 0.3) is 0 Å². The lowest BCUT2D eigenvalue weighted by Gasteiger charge is -2.27. The van der Waals surface area contributed by atoms with E-state index in [1.54, 1.807) is 7.11 Å². The SMILES string of the molecule is CCNC1(C(=O)OC)CCC(OCCOCCOC)C1. The molecule has 1 fully saturated rings. The van der Waals surface area contributed by atoms with Gasteiger partial charge in [0.15, 0.2) is 0 Å². The van der Waals surface area contributed by atoms with Crippen LogP contribution in [0.5, 0.6) is 0 Å². The van der Waals surface area contributed by atoms with Crippen molar-refractivity contribution in [1.82, 2.24) is 5.32 Å². The minimum absolute atomic E-state index is 0.0826. The fourth-order valence-corrected chi connectivity index (χ4v) is 2.61. The Morgan fingerprint density at radius 2 is 2.00 bits per heavy atom. The zero-order chi connectivity index (χ0) is 14.8. The van der Waals surface area contributed by atoms with Crippen LogP contribution < -0.4 is 5.32 Å². The third-order valence-electron chi connectivity index (χ3n) is 3.57. The number of rotatable bonds is 10. The summed E-state index contributed by atoms with van der Waals surface area (Å²) in [6, 6.07) is 0. The molecular formula is C14H27NO5. The van der Waals surface area contributed by atoms with Crippen LogP contribution in [0.4, 0.5) is 0 Å². The first-order valence-electron chi connectivity index (χ1n) is 7.20. The van der Waals surface area contributed by atoms with E-state index in [-0.39, 0.29) is 12.1 Å². The molecule has 0 aliphatic heterocycles. The van der Waals surface area contributed by atoms with Gasteiger partial charge in [0.2, 0.25) is 0 Å². The van der Waals surface area contributed by atoms with E-state index in [4.69, 9.17) is 18.9 Å². The largest absolute Gasteiger partial charge is 0.468 e. The molecule has 1 aliphatic rings. The topological polar surface area (TPSA) is 66.0 Å². The molecule has 0 heterocycles. The van der Waals surface area contributed by atoms with Gasteiger partial charge in [0, 0.05) is 13.5 Å². The van der Waals surface area contributed by atoms with Crippen LogP contribution in [0, 0.1) is 0 Å². The predicted octanol–water partition coefficient (Wildman–Crippen LogP) is 0.740. The summed E-state index contributed by atoms with van der Waals surface area (Å²) in [7, 11) is 3.07. The summed E-state index contributed by atoms with van der Waals surface area (Å²) in [4.78, 5) is 11.9. The average molecular weight is 289 g/mol. The van der Waals surface area contributed by atoms with E-state index in [1.165, 1.54) is 7.11 Å². The minimum atomic E-state index is -0.578. The molecule has 1 aliphatic carbocycles. The summed E-state index contributed by atoms with van der Waals surface area (Å²) in [6.07, 6.45) is 2.35. The normalized spacial score (nSPS) is 25.9. The zero-order valence-corrected chi connectivity index (χ0v) is 12.8. The minimum Gasteiger partial charge on any atom is -0.468 e. The first-order valence-corrected chi connectivity index (χ1v) is 7.20. The number of esters is 1. The molecular weight excluding hydrogens is 262 g/mol. The van der Waals surface area contributed by atoms with Gasteiger partial charge >= 0.3 is 5.97 Å². The van der Waals surface area contributed by atoms with Gasteiger partial charge in [-0.3, -0.25) is 4.79 Å². The maximum absolute atomic E-state index is 11.9. The molecule has 2 unspecified atom stereocenters. The van der Waals surface area contributed by atoms with Crippen molar-refractivity contribution >= 4 is 5.97 Å². The Morgan fingerprint density at radius 3 is 2.65 bits per heavy atom. The number of likely N-dealkylation sites (N-methyl/N-ethyl adjacent to an activating group) is 1. The van der Waals surface area contributed by atoms with Crippen molar-refractivity contribution in [2.75, 3.05) is 47.2 Å². The summed E-state index contributed by atoms with van der Waals surface area (Å²) in [5, 5.41) is 3.25. The highest BCUT2D eigenvalue weighted by molar-refractivity contribution is 5.81. The van der Waals surface area contributed by atoms with Crippen LogP contribution in [0.2, 0.25) is 0 Å². The van der Waals surface area contributed by atoms with Crippen LogP contribution in [0.3, 0.4) is 0 Å². The fourth-order valence-electron chi connectivity index (χ4n) is 2.61. The van der Waals surface area contributed by atoms with Gasteiger partial charge in [-0.05, 0) is 19.4 Å². The second-order valence-corrected chi connectivity index (χ2v) is 4.94. The third kappa shape index (κ3) is 5.01. The number of methoxy groups -OCH3 is 2. The van der Waals surface area contributed by atoms with Gasteiger partial charge in [-0.1, -0.05) is 6.92 Å². The van der Waals surface area contributed by atoms with Gasteiger partial charge < -0.3 is 24.3 Å². The van der Waals surface area contributed by atoms with Crippen molar-refractivity contribution in [3.63, 3.8) is 0 Å². The monoisotopic (exact) mass is 289 g/mol. The molecule has 0 amide bonds. The molecule has 6 nitrogen and oxygen atoms in total. The highest BCUT2D eigenvalue weighted by Crippen LogP contribution is 2.33. The van der Waals surface area contributed by atoms with Crippen LogP contribution in [0.25, 0.3) is 0 Å². The van der Waals surface area contributed by atoms with E-state index in [9.17, 15) is 4.79 Å². The number of ether oxygens (including phenoxy) is 4. The molecule has 0 aromatic heterocycles.